The summed E-state index contributed by atoms with van der Waals surface area (Å²) in [4.78, 5) is 16.8. The van der Waals surface area contributed by atoms with Gasteiger partial charge in [0.25, 0.3) is 0 Å². The van der Waals surface area contributed by atoms with Gasteiger partial charge in [-0.25, -0.2) is 4.79 Å². The van der Waals surface area contributed by atoms with E-state index in [0.29, 0.717) is 12.5 Å². The second-order valence-corrected chi connectivity index (χ2v) is 4.35. The molecule has 1 aromatic heterocycles. The van der Waals surface area contributed by atoms with Gasteiger partial charge in [0.1, 0.15) is 0 Å². The highest BCUT2D eigenvalue weighted by atomic mass is 16.4. The number of hydrogen-bond donors (Lipinski definition) is 2. The van der Waals surface area contributed by atoms with E-state index in [1.165, 1.54) is 5.69 Å². The normalized spacial score (nSPS) is 20.0. The Morgan fingerprint density at radius 1 is 1.53 bits per heavy atom. The lowest BCUT2D eigenvalue weighted by Gasteiger charge is -2.34. The molecule has 1 aliphatic rings. The molecule has 0 saturated carbocycles. The zero-order valence-corrected chi connectivity index (χ0v) is 9.67. The largest absolute Gasteiger partial charge is 0.465 e. The quantitative estimate of drug-likeness (QED) is 0.834. The molecule has 2 N–H and O–H groups in total. The molecule has 17 heavy (non-hydrogen) atoms. The van der Waals surface area contributed by atoms with Crippen LogP contribution in [-0.4, -0.2) is 35.8 Å². The lowest BCUT2D eigenvalue weighted by atomic mass is 9.97. The molecule has 0 aromatic carbocycles. The number of piperidine rings is 1. The highest BCUT2D eigenvalue weighted by Gasteiger charge is 2.20. The number of rotatable bonds is 3. The standard InChI is InChI=1S/C12H17N3O2/c16-12(17)14-8-10-2-1-7-15(9-10)11-3-5-13-6-4-11/h3-6,10,14H,1-2,7-9H2,(H,16,17). The smallest absolute Gasteiger partial charge is 0.404 e. The van der Waals surface area contributed by atoms with Crippen molar-refractivity contribution in [2.75, 3.05) is 24.5 Å². The molecule has 0 spiro atoms. The number of aromatic nitrogens is 1. The maximum Gasteiger partial charge on any atom is 0.404 e. The Hall–Kier alpha value is -1.78. The monoisotopic (exact) mass is 235 g/mol. The number of pyridine rings is 1. The van der Waals surface area contributed by atoms with E-state index >= 15 is 0 Å². The van der Waals surface area contributed by atoms with Gasteiger partial charge in [0.15, 0.2) is 0 Å². The zero-order chi connectivity index (χ0) is 12.1. The fourth-order valence-corrected chi connectivity index (χ4v) is 2.25. The predicted molar refractivity (Wildman–Crippen MR) is 65.2 cm³/mol. The molecule has 5 heteroatoms. The SMILES string of the molecule is O=C(O)NCC1CCCN(c2ccncc2)C1. The molecule has 1 unspecified atom stereocenters. The molecule has 1 aromatic rings. The van der Waals surface area contributed by atoms with Crippen LogP contribution in [0.15, 0.2) is 24.5 Å². The minimum Gasteiger partial charge on any atom is -0.465 e. The van der Waals surface area contributed by atoms with Crippen molar-refractivity contribution in [3.63, 3.8) is 0 Å². The van der Waals surface area contributed by atoms with Crippen LogP contribution in [0.3, 0.4) is 0 Å². The first-order valence-electron chi connectivity index (χ1n) is 5.87. The number of hydrogen-bond acceptors (Lipinski definition) is 3. The zero-order valence-electron chi connectivity index (χ0n) is 9.67. The summed E-state index contributed by atoms with van der Waals surface area (Å²) < 4.78 is 0. The van der Waals surface area contributed by atoms with E-state index in [2.05, 4.69) is 15.2 Å². The minimum atomic E-state index is -0.939. The van der Waals surface area contributed by atoms with Gasteiger partial charge in [0, 0.05) is 37.7 Å². The molecule has 1 aliphatic heterocycles. The van der Waals surface area contributed by atoms with E-state index in [4.69, 9.17) is 5.11 Å². The van der Waals surface area contributed by atoms with Gasteiger partial charge in [0.2, 0.25) is 0 Å². The number of carboxylic acid groups (broad SMARTS) is 1. The van der Waals surface area contributed by atoms with Crippen LogP contribution in [0.1, 0.15) is 12.8 Å². The number of nitrogens with one attached hydrogen (secondary N) is 1. The first-order valence-corrected chi connectivity index (χ1v) is 5.87. The molecule has 0 bridgehead atoms. The van der Waals surface area contributed by atoms with Gasteiger partial charge in [-0.15, -0.1) is 0 Å². The summed E-state index contributed by atoms with van der Waals surface area (Å²) in [7, 11) is 0. The molecule has 5 nitrogen and oxygen atoms in total. The summed E-state index contributed by atoms with van der Waals surface area (Å²) in [5.74, 6) is 0.396. The number of amides is 1. The van der Waals surface area contributed by atoms with Crippen LogP contribution in [0.5, 0.6) is 0 Å². The third kappa shape index (κ3) is 3.34. The third-order valence-electron chi connectivity index (χ3n) is 3.09. The van der Waals surface area contributed by atoms with Crippen molar-refractivity contribution in [3.05, 3.63) is 24.5 Å². The molecule has 1 fully saturated rings. The van der Waals surface area contributed by atoms with E-state index in [9.17, 15) is 4.79 Å². The van der Waals surface area contributed by atoms with Crippen molar-refractivity contribution in [1.82, 2.24) is 10.3 Å². The summed E-state index contributed by atoms with van der Waals surface area (Å²) >= 11 is 0. The van der Waals surface area contributed by atoms with E-state index in [1.54, 1.807) is 12.4 Å². The molecule has 1 amide bonds. The first-order chi connectivity index (χ1) is 8.25. The van der Waals surface area contributed by atoms with Gasteiger partial charge < -0.3 is 15.3 Å². The van der Waals surface area contributed by atoms with Gasteiger partial charge in [0.05, 0.1) is 0 Å². The van der Waals surface area contributed by atoms with Crippen LogP contribution >= 0.6 is 0 Å². The van der Waals surface area contributed by atoms with Crippen molar-refractivity contribution in [2.45, 2.75) is 12.8 Å². The van der Waals surface area contributed by atoms with Gasteiger partial charge in [-0.3, -0.25) is 4.98 Å². The van der Waals surface area contributed by atoms with Crippen LogP contribution in [0, 0.1) is 5.92 Å². The molecular weight excluding hydrogens is 218 g/mol. The average molecular weight is 235 g/mol. The Morgan fingerprint density at radius 2 is 2.29 bits per heavy atom. The Kier molecular flexibility index (Phi) is 3.80. The van der Waals surface area contributed by atoms with E-state index in [0.717, 1.165) is 25.9 Å². The number of nitrogens with zero attached hydrogens (tertiary/aromatic N) is 2. The topological polar surface area (TPSA) is 65.5 Å². The van der Waals surface area contributed by atoms with Crippen molar-refractivity contribution in [3.8, 4) is 0 Å². The fraction of sp³-hybridized carbons (Fsp3) is 0.500. The van der Waals surface area contributed by atoms with Crippen LogP contribution in [-0.2, 0) is 0 Å². The molecule has 0 aliphatic carbocycles. The summed E-state index contributed by atoms with van der Waals surface area (Å²) in [6.45, 7) is 2.48. The van der Waals surface area contributed by atoms with Gasteiger partial charge in [-0.05, 0) is 30.9 Å². The van der Waals surface area contributed by atoms with Gasteiger partial charge >= 0.3 is 6.09 Å². The maximum atomic E-state index is 10.5. The van der Waals surface area contributed by atoms with Gasteiger partial charge in [-0.1, -0.05) is 0 Å². The summed E-state index contributed by atoms with van der Waals surface area (Å²) in [5, 5.41) is 11.1. The Morgan fingerprint density at radius 3 is 3.00 bits per heavy atom. The van der Waals surface area contributed by atoms with Gasteiger partial charge in [-0.2, -0.15) is 0 Å². The fourth-order valence-electron chi connectivity index (χ4n) is 2.25. The Labute approximate surface area is 100 Å². The Bertz CT molecular complexity index is 369. The van der Waals surface area contributed by atoms with E-state index < -0.39 is 6.09 Å². The highest BCUT2D eigenvalue weighted by molar-refractivity contribution is 5.64. The highest BCUT2D eigenvalue weighted by Crippen LogP contribution is 2.21. The first kappa shape index (κ1) is 11.7. The van der Waals surface area contributed by atoms with E-state index in [1.807, 2.05) is 12.1 Å². The molecular formula is C12H17N3O2. The molecule has 92 valence electrons. The van der Waals surface area contributed by atoms with Crippen LogP contribution in [0.25, 0.3) is 0 Å². The van der Waals surface area contributed by atoms with Crippen LogP contribution in [0.4, 0.5) is 10.5 Å². The van der Waals surface area contributed by atoms with Crippen molar-refractivity contribution in [2.24, 2.45) is 5.92 Å². The lowest BCUT2D eigenvalue weighted by molar-refractivity contribution is 0.191. The minimum absolute atomic E-state index is 0.396. The molecule has 0 radical (unpaired) electrons. The third-order valence-corrected chi connectivity index (χ3v) is 3.09. The lowest BCUT2D eigenvalue weighted by Crippen LogP contribution is -2.40. The molecule has 2 heterocycles. The number of carbonyl (C=O) groups is 1. The van der Waals surface area contributed by atoms with Crippen LogP contribution in [0.2, 0.25) is 0 Å². The Balaban J connectivity index is 1.91. The van der Waals surface area contributed by atoms with Crippen molar-refractivity contribution >= 4 is 11.8 Å². The second kappa shape index (κ2) is 5.52. The summed E-state index contributed by atoms with van der Waals surface area (Å²) in [5.41, 5.74) is 1.17. The van der Waals surface area contributed by atoms with Crippen molar-refractivity contribution < 1.29 is 9.90 Å². The molecule has 1 atom stereocenters. The predicted octanol–water partition coefficient (Wildman–Crippen LogP) is 1.57. The van der Waals surface area contributed by atoms with Crippen LogP contribution < -0.4 is 10.2 Å². The molecule has 1 saturated heterocycles. The van der Waals surface area contributed by atoms with Crippen molar-refractivity contribution in [1.29, 1.82) is 0 Å². The average Bonchev–Trinajstić information content (AvgIpc) is 2.38. The summed E-state index contributed by atoms with van der Waals surface area (Å²) in [6, 6.07) is 3.99. The maximum absolute atomic E-state index is 10.5. The summed E-state index contributed by atoms with van der Waals surface area (Å²) in [6.07, 6.45) is 4.82. The second-order valence-electron chi connectivity index (χ2n) is 4.35. The van der Waals surface area contributed by atoms with E-state index in [-0.39, 0.29) is 0 Å². The molecule has 2 rings (SSSR count). The number of anilines is 1.